The Bertz CT molecular complexity index is 1010. The number of pyridine rings is 1. The number of hydrogen-bond acceptors (Lipinski definition) is 6. The Morgan fingerprint density at radius 2 is 1.83 bits per heavy atom. The van der Waals surface area contributed by atoms with E-state index in [2.05, 4.69) is 20.4 Å². The number of amides is 2. The van der Waals surface area contributed by atoms with Crippen molar-refractivity contribution in [2.75, 3.05) is 37.6 Å². The van der Waals surface area contributed by atoms with Crippen LogP contribution in [0.4, 0.5) is 5.82 Å². The molecule has 2 amide bonds. The number of anilines is 1. The Morgan fingerprint density at radius 1 is 1.07 bits per heavy atom. The average Bonchev–Trinajstić information content (AvgIpc) is 3.29. The van der Waals surface area contributed by atoms with Gasteiger partial charge >= 0.3 is 0 Å². The number of piperazine rings is 1. The summed E-state index contributed by atoms with van der Waals surface area (Å²) in [6.07, 6.45) is 1.61. The maximum atomic E-state index is 12.5. The predicted octanol–water partition coefficient (Wildman–Crippen LogP) is 2.47. The van der Waals surface area contributed by atoms with Gasteiger partial charge in [-0.2, -0.15) is 0 Å². The summed E-state index contributed by atoms with van der Waals surface area (Å²) in [4.78, 5) is 32.9. The molecule has 0 unspecified atom stereocenters. The number of rotatable bonds is 5. The van der Waals surface area contributed by atoms with Gasteiger partial charge in [-0.3, -0.25) is 9.59 Å². The molecule has 0 bridgehead atoms. The molecule has 3 aromatic rings. The van der Waals surface area contributed by atoms with E-state index in [4.69, 9.17) is 16.1 Å². The first kappa shape index (κ1) is 19.9. The van der Waals surface area contributed by atoms with Crippen LogP contribution in [0.1, 0.15) is 10.5 Å². The molecule has 0 saturated carbocycles. The molecule has 1 aromatic carbocycles. The number of carbonyl (C=O) groups is 2. The fourth-order valence-corrected chi connectivity index (χ4v) is 3.33. The Morgan fingerprint density at radius 3 is 2.53 bits per heavy atom. The van der Waals surface area contributed by atoms with Gasteiger partial charge in [0, 0.05) is 44.0 Å². The smallest absolute Gasteiger partial charge is 0.273 e. The molecule has 0 atom stereocenters. The third-order valence-corrected chi connectivity index (χ3v) is 5.09. The van der Waals surface area contributed by atoms with Gasteiger partial charge in [0.1, 0.15) is 5.82 Å². The monoisotopic (exact) mass is 425 g/mol. The topological polar surface area (TPSA) is 91.6 Å². The first-order valence-corrected chi connectivity index (χ1v) is 9.92. The third kappa shape index (κ3) is 4.60. The van der Waals surface area contributed by atoms with E-state index in [1.165, 1.54) is 0 Å². The minimum Gasteiger partial charge on any atom is -0.355 e. The maximum absolute atomic E-state index is 12.5. The first-order chi connectivity index (χ1) is 14.6. The van der Waals surface area contributed by atoms with Crippen LogP contribution >= 0.6 is 11.6 Å². The van der Waals surface area contributed by atoms with Gasteiger partial charge in [0.15, 0.2) is 11.5 Å². The molecular weight excluding hydrogens is 406 g/mol. The zero-order valence-corrected chi connectivity index (χ0v) is 16.9. The van der Waals surface area contributed by atoms with Crippen molar-refractivity contribution in [3.63, 3.8) is 0 Å². The Kier molecular flexibility index (Phi) is 5.94. The van der Waals surface area contributed by atoms with Gasteiger partial charge < -0.3 is 19.6 Å². The Balaban J connectivity index is 1.26. The lowest BCUT2D eigenvalue weighted by atomic mass is 10.1. The van der Waals surface area contributed by atoms with Gasteiger partial charge in [-0.05, 0) is 12.1 Å². The van der Waals surface area contributed by atoms with Crippen LogP contribution in [0.15, 0.2) is 59.3 Å². The predicted molar refractivity (Wildman–Crippen MR) is 112 cm³/mol. The van der Waals surface area contributed by atoms with Gasteiger partial charge in [-0.25, -0.2) is 4.98 Å². The number of halogens is 1. The molecule has 9 heteroatoms. The molecular formula is C21H20ClN5O3. The van der Waals surface area contributed by atoms with Gasteiger partial charge in [-0.1, -0.05) is 47.1 Å². The molecule has 0 radical (unpaired) electrons. The standard InChI is InChI=1S/C21H20ClN5O3/c22-16-6-7-19(23-13-16)26-8-10-27(11-9-26)20(28)14-24-21(29)17-12-18(30-25-17)15-4-2-1-3-5-15/h1-7,12-13H,8-11,14H2,(H,24,29). The van der Waals surface area contributed by atoms with E-state index in [1.54, 1.807) is 23.2 Å². The van der Waals surface area contributed by atoms with E-state index in [9.17, 15) is 9.59 Å². The minimum atomic E-state index is -0.446. The van der Waals surface area contributed by atoms with Crippen LogP contribution in [-0.4, -0.2) is 59.6 Å². The fourth-order valence-electron chi connectivity index (χ4n) is 3.22. The fraction of sp³-hybridized carbons (Fsp3) is 0.238. The second kappa shape index (κ2) is 8.96. The lowest BCUT2D eigenvalue weighted by molar-refractivity contribution is -0.130. The van der Waals surface area contributed by atoms with E-state index in [0.29, 0.717) is 37.0 Å². The van der Waals surface area contributed by atoms with Crippen molar-refractivity contribution in [1.82, 2.24) is 20.4 Å². The lowest BCUT2D eigenvalue weighted by Crippen LogP contribution is -2.51. The molecule has 0 spiro atoms. The highest BCUT2D eigenvalue weighted by Gasteiger charge is 2.23. The summed E-state index contributed by atoms with van der Waals surface area (Å²) in [5.41, 5.74) is 0.966. The van der Waals surface area contributed by atoms with Gasteiger partial charge in [0.05, 0.1) is 11.6 Å². The van der Waals surface area contributed by atoms with Crippen molar-refractivity contribution >= 4 is 29.2 Å². The zero-order chi connectivity index (χ0) is 20.9. The summed E-state index contributed by atoms with van der Waals surface area (Å²) < 4.78 is 5.23. The van der Waals surface area contributed by atoms with Crippen molar-refractivity contribution < 1.29 is 14.1 Å². The van der Waals surface area contributed by atoms with Crippen LogP contribution in [0.2, 0.25) is 5.02 Å². The highest BCUT2D eigenvalue weighted by molar-refractivity contribution is 6.30. The van der Waals surface area contributed by atoms with Crippen LogP contribution < -0.4 is 10.2 Å². The van der Waals surface area contributed by atoms with Crippen LogP contribution in [0.5, 0.6) is 0 Å². The van der Waals surface area contributed by atoms with E-state index in [1.807, 2.05) is 36.4 Å². The quantitative estimate of drug-likeness (QED) is 0.675. The Hall–Kier alpha value is -3.39. The number of nitrogens with one attached hydrogen (secondary N) is 1. The van der Waals surface area contributed by atoms with Gasteiger partial charge in [-0.15, -0.1) is 0 Å². The van der Waals surface area contributed by atoms with Crippen LogP contribution in [-0.2, 0) is 4.79 Å². The molecule has 1 saturated heterocycles. The zero-order valence-electron chi connectivity index (χ0n) is 16.1. The molecule has 1 fully saturated rings. The Labute approximate surface area is 178 Å². The number of benzene rings is 1. The number of carbonyl (C=O) groups excluding carboxylic acids is 2. The summed E-state index contributed by atoms with van der Waals surface area (Å²) in [6.45, 7) is 2.35. The summed E-state index contributed by atoms with van der Waals surface area (Å²) in [5, 5.41) is 7.00. The van der Waals surface area contributed by atoms with Crippen LogP contribution in [0.3, 0.4) is 0 Å². The van der Waals surface area contributed by atoms with Gasteiger partial charge in [0.2, 0.25) is 5.91 Å². The summed E-state index contributed by atoms with van der Waals surface area (Å²) in [5.74, 6) is 0.746. The van der Waals surface area contributed by atoms with Crippen molar-refractivity contribution in [2.45, 2.75) is 0 Å². The highest BCUT2D eigenvalue weighted by atomic mass is 35.5. The molecule has 1 N–H and O–H groups in total. The van der Waals surface area contributed by atoms with Crippen molar-refractivity contribution in [2.24, 2.45) is 0 Å². The number of nitrogens with zero attached hydrogens (tertiary/aromatic N) is 4. The van der Waals surface area contributed by atoms with Crippen molar-refractivity contribution in [3.8, 4) is 11.3 Å². The molecule has 1 aliphatic rings. The summed E-state index contributed by atoms with van der Waals surface area (Å²) in [7, 11) is 0. The number of aromatic nitrogens is 2. The second-order valence-corrected chi connectivity index (χ2v) is 7.26. The third-order valence-electron chi connectivity index (χ3n) is 4.87. The van der Waals surface area contributed by atoms with Crippen molar-refractivity contribution in [3.05, 3.63) is 65.4 Å². The molecule has 2 aromatic heterocycles. The largest absolute Gasteiger partial charge is 0.355 e. The summed E-state index contributed by atoms with van der Waals surface area (Å²) in [6, 6.07) is 14.6. The van der Waals surface area contributed by atoms with E-state index in [0.717, 1.165) is 11.4 Å². The molecule has 4 rings (SSSR count). The molecule has 8 nitrogen and oxygen atoms in total. The lowest BCUT2D eigenvalue weighted by Gasteiger charge is -2.35. The van der Waals surface area contributed by atoms with E-state index >= 15 is 0 Å². The van der Waals surface area contributed by atoms with Gasteiger partial charge in [0.25, 0.3) is 5.91 Å². The molecule has 0 aliphatic carbocycles. The number of hydrogen-bond donors (Lipinski definition) is 1. The first-order valence-electron chi connectivity index (χ1n) is 9.55. The second-order valence-electron chi connectivity index (χ2n) is 6.83. The average molecular weight is 426 g/mol. The van der Waals surface area contributed by atoms with E-state index < -0.39 is 5.91 Å². The maximum Gasteiger partial charge on any atom is 0.273 e. The molecule has 1 aliphatic heterocycles. The normalized spacial score (nSPS) is 13.9. The molecule has 30 heavy (non-hydrogen) atoms. The van der Waals surface area contributed by atoms with E-state index in [-0.39, 0.29) is 18.1 Å². The minimum absolute atomic E-state index is 0.0917. The summed E-state index contributed by atoms with van der Waals surface area (Å²) >= 11 is 5.87. The SMILES string of the molecule is O=C(NCC(=O)N1CCN(c2ccc(Cl)cn2)CC1)c1cc(-c2ccccc2)on1. The molecule has 154 valence electrons. The van der Waals surface area contributed by atoms with Crippen molar-refractivity contribution in [1.29, 1.82) is 0 Å². The van der Waals surface area contributed by atoms with Crippen LogP contribution in [0, 0.1) is 0 Å². The molecule has 3 heterocycles. The van der Waals surface area contributed by atoms with Crippen LogP contribution in [0.25, 0.3) is 11.3 Å². The highest BCUT2D eigenvalue weighted by Crippen LogP contribution is 2.19.